The third kappa shape index (κ3) is 6.58. The van der Waals surface area contributed by atoms with E-state index in [4.69, 9.17) is 0 Å². The second-order valence-corrected chi connectivity index (χ2v) is 11.7. The van der Waals surface area contributed by atoms with Crippen LogP contribution in [0.15, 0.2) is 17.5 Å². The van der Waals surface area contributed by atoms with E-state index in [0.717, 1.165) is 19.5 Å². The van der Waals surface area contributed by atoms with Crippen LogP contribution in [0.2, 0.25) is 0 Å². The van der Waals surface area contributed by atoms with Gasteiger partial charge in [0, 0.05) is 17.8 Å². The van der Waals surface area contributed by atoms with Gasteiger partial charge in [0.15, 0.2) is 0 Å². The molecule has 0 bridgehead atoms. The fourth-order valence-electron chi connectivity index (χ4n) is 3.69. The maximum absolute atomic E-state index is 12.7. The molecule has 1 aliphatic heterocycles. The van der Waals surface area contributed by atoms with Crippen molar-refractivity contribution in [3.63, 3.8) is 0 Å². The molecule has 2 N–H and O–H groups in total. The smallest absolute Gasteiger partial charge is 0.220 e. The molecule has 154 valence electrons. The van der Waals surface area contributed by atoms with Crippen LogP contribution in [0.4, 0.5) is 0 Å². The highest BCUT2D eigenvalue weighted by atomic mass is 32.1. The van der Waals surface area contributed by atoms with Crippen LogP contribution >= 0.6 is 11.3 Å². The maximum atomic E-state index is 12.7. The van der Waals surface area contributed by atoms with Crippen molar-refractivity contribution in [2.24, 2.45) is 10.8 Å². The molecule has 5 heteroatoms. The van der Waals surface area contributed by atoms with E-state index >= 15 is 0 Å². The summed E-state index contributed by atoms with van der Waals surface area (Å²) in [4.78, 5) is 16.4. The Kier molecular flexibility index (Phi) is 6.81. The number of hydrogen-bond acceptors (Lipinski definition) is 4. The molecule has 1 saturated heterocycles. The summed E-state index contributed by atoms with van der Waals surface area (Å²) in [6, 6.07) is 3.89. The Balaban J connectivity index is 2.28. The van der Waals surface area contributed by atoms with Gasteiger partial charge in [0.1, 0.15) is 0 Å². The lowest BCUT2D eigenvalue weighted by molar-refractivity contribution is -0.130. The fourth-order valence-corrected chi connectivity index (χ4v) is 4.59. The van der Waals surface area contributed by atoms with Gasteiger partial charge in [-0.15, -0.1) is 11.3 Å². The molecule has 2 rings (SSSR count). The number of aliphatic hydroxyl groups is 1. The van der Waals surface area contributed by atoms with Crippen LogP contribution in [0, 0.1) is 10.8 Å². The number of amides is 1. The molecule has 4 nitrogen and oxygen atoms in total. The van der Waals surface area contributed by atoms with E-state index in [2.05, 4.69) is 69.3 Å². The topological polar surface area (TPSA) is 52.6 Å². The molecule has 1 aromatic rings. The minimum absolute atomic E-state index is 0.0139. The van der Waals surface area contributed by atoms with Crippen LogP contribution in [-0.2, 0) is 4.79 Å². The Bertz CT molecular complexity index is 611. The number of carbonyl (C=O) groups is 1. The van der Waals surface area contributed by atoms with Gasteiger partial charge in [-0.05, 0) is 48.6 Å². The lowest BCUT2D eigenvalue weighted by Crippen LogP contribution is -2.62. The van der Waals surface area contributed by atoms with E-state index in [-0.39, 0.29) is 28.8 Å². The average Bonchev–Trinajstić information content (AvgIpc) is 2.98. The quantitative estimate of drug-likeness (QED) is 0.767. The number of piperidine rings is 1. The molecule has 0 radical (unpaired) electrons. The van der Waals surface area contributed by atoms with Crippen molar-refractivity contribution in [1.82, 2.24) is 10.2 Å². The predicted molar refractivity (Wildman–Crippen MR) is 114 cm³/mol. The molecule has 1 amide bonds. The van der Waals surface area contributed by atoms with Crippen LogP contribution in [0.3, 0.4) is 0 Å². The summed E-state index contributed by atoms with van der Waals surface area (Å²) in [7, 11) is 0. The van der Waals surface area contributed by atoms with Gasteiger partial charge in [-0.3, -0.25) is 9.69 Å². The molecule has 0 aromatic carbocycles. The van der Waals surface area contributed by atoms with Gasteiger partial charge in [0.05, 0.1) is 17.7 Å². The summed E-state index contributed by atoms with van der Waals surface area (Å²) in [6.07, 6.45) is 2.21. The zero-order valence-electron chi connectivity index (χ0n) is 18.1. The normalized spacial score (nSPS) is 27.6. The first kappa shape index (κ1) is 22.4. The lowest BCUT2D eigenvalue weighted by Gasteiger charge is -2.49. The van der Waals surface area contributed by atoms with E-state index in [1.807, 2.05) is 6.92 Å². The largest absolute Gasteiger partial charge is 0.388 e. The number of carbonyl (C=O) groups excluding carboxylic acids is 1. The maximum Gasteiger partial charge on any atom is 0.220 e. The molecule has 1 fully saturated rings. The molecule has 0 aliphatic carbocycles. The standard InChI is InChI=1S/C22H38N2O2S/c1-20(2,3)10-12-24-13-11-22(7,26)19(18(24)16-9-8-14-27-16)23-17(25)15-21(4,5)6/h8-9,14,18-19,26H,10-13,15H2,1-7H3,(H,23,25). The molecular weight excluding hydrogens is 356 g/mol. The zero-order chi connectivity index (χ0) is 20.5. The Labute approximate surface area is 169 Å². The predicted octanol–water partition coefficient (Wildman–Crippen LogP) is 4.60. The van der Waals surface area contributed by atoms with E-state index in [1.54, 1.807) is 11.3 Å². The van der Waals surface area contributed by atoms with Crippen LogP contribution in [-0.4, -0.2) is 40.6 Å². The van der Waals surface area contributed by atoms with Crippen molar-refractivity contribution in [2.45, 2.75) is 85.4 Å². The van der Waals surface area contributed by atoms with Crippen molar-refractivity contribution < 1.29 is 9.90 Å². The monoisotopic (exact) mass is 394 g/mol. The summed E-state index contributed by atoms with van der Waals surface area (Å²) in [5.74, 6) is 0.0204. The Morgan fingerprint density at radius 3 is 2.48 bits per heavy atom. The van der Waals surface area contributed by atoms with Crippen molar-refractivity contribution in [1.29, 1.82) is 0 Å². The number of thiophene rings is 1. The highest BCUT2D eigenvalue weighted by Gasteiger charge is 2.46. The van der Waals surface area contributed by atoms with Gasteiger partial charge in [0.25, 0.3) is 0 Å². The molecule has 2 heterocycles. The molecule has 27 heavy (non-hydrogen) atoms. The van der Waals surface area contributed by atoms with Gasteiger partial charge in [-0.1, -0.05) is 47.6 Å². The highest BCUT2D eigenvalue weighted by Crippen LogP contribution is 2.39. The molecule has 1 aromatic heterocycles. The van der Waals surface area contributed by atoms with Crippen molar-refractivity contribution in [3.8, 4) is 0 Å². The van der Waals surface area contributed by atoms with Gasteiger partial charge in [-0.25, -0.2) is 0 Å². The number of rotatable bonds is 5. The van der Waals surface area contributed by atoms with Crippen LogP contribution < -0.4 is 5.32 Å². The fraction of sp³-hybridized carbons (Fsp3) is 0.773. The third-order valence-corrected chi connectivity index (χ3v) is 6.22. The van der Waals surface area contributed by atoms with Gasteiger partial charge in [0.2, 0.25) is 5.91 Å². The second-order valence-electron chi connectivity index (χ2n) is 10.7. The van der Waals surface area contributed by atoms with Crippen LogP contribution in [0.1, 0.15) is 78.6 Å². The minimum atomic E-state index is -0.916. The Hall–Kier alpha value is -0.910. The second kappa shape index (κ2) is 8.22. The summed E-state index contributed by atoms with van der Waals surface area (Å²) in [6.45, 7) is 16.7. The lowest BCUT2D eigenvalue weighted by atomic mass is 9.80. The SMILES string of the molecule is CC(C)(C)CCN1CCC(C)(O)C(NC(=O)CC(C)(C)C)C1c1cccs1. The molecule has 0 spiro atoms. The van der Waals surface area contributed by atoms with Gasteiger partial charge >= 0.3 is 0 Å². The summed E-state index contributed by atoms with van der Waals surface area (Å²) in [5.41, 5.74) is -0.736. The summed E-state index contributed by atoms with van der Waals surface area (Å²) >= 11 is 1.71. The van der Waals surface area contributed by atoms with Crippen LogP contribution in [0.25, 0.3) is 0 Å². The van der Waals surface area contributed by atoms with Crippen molar-refractivity contribution in [2.75, 3.05) is 13.1 Å². The Morgan fingerprint density at radius 1 is 1.30 bits per heavy atom. The van der Waals surface area contributed by atoms with Gasteiger partial charge in [-0.2, -0.15) is 0 Å². The first-order valence-electron chi connectivity index (χ1n) is 10.1. The number of nitrogens with one attached hydrogen (secondary N) is 1. The first-order valence-corrected chi connectivity index (χ1v) is 11.0. The van der Waals surface area contributed by atoms with E-state index in [1.165, 1.54) is 4.88 Å². The molecule has 0 saturated carbocycles. The third-order valence-electron chi connectivity index (χ3n) is 5.28. The van der Waals surface area contributed by atoms with Gasteiger partial charge < -0.3 is 10.4 Å². The van der Waals surface area contributed by atoms with E-state index in [0.29, 0.717) is 12.8 Å². The van der Waals surface area contributed by atoms with Crippen molar-refractivity contribution >= 4 is 17.2 Å². The summed E-state index contributed by atoms with van der Waals surface area (Å²) < 4.78 is 0. The van der Waals surface area contributed by atoms with Crippen LogP contribution in [0.5, 0.6) is 0 Å². The molecule has 1 aliphatic rings. The molecule has 3 unspecified atom stereocenters. The molecular formula is C22H38N2O2S. The number of nitrogens with zero attached hydrogens (tertiary/aromatic N) is 1. The Morgan fingerprint density at radius 2 is 1.96 bits per heavy atom. The molecule has 3 atom stereocenters. The van der Waals surface area contributed by atoms with Crippen molar-refractivity contribution in [3.05, 3.63) is 22.4 Å². The highest BCUT2D eigenvalue weighted by molar-refractivity contribution is 7.10. The number of likely N-dealkylation sites (tertiary alicyclic amines) is 1. The zero-order valence-corrected chi connectivity index (χ0v) is 18.9. The van der Waals surface area contributed by atoms with E-state index < -0.39 is 5.60 Å². The summed E-state index contributed by atoms with van der Waals surface area (Å²) in [5, 5.41) is 16.4. The first-order chi connectivity index (χ1) is 12.3. The average molecular weight is 395 g/mol. The minimum Gasteiger partial charge on any atom is -0.388 e. The van der Waals surface area contributed by atoms with E-state index in [9.17, 15) is 9.90 Å². The number of hydrogen-bond donors (Lipinski definition) is 2.